The van der Waals surface area contributed by atoms with Crippen molar-refractivity contribution >= 4 is 0 Å². The summed E-state index contributed by atoms with van der Waals surface area (Å²) in [4.78, 5) is 0. The number of unbranched alkanes of at least 4 members (excludes halogenated alkanes) is 7. The van der Waals surface area contributed by atoms with Crippen LogP contribution in [0.25, 0.3) is 0 Å². The van der Waals surface area contributed by atoms with E-state index in [1.807, 2.05) is 0 Å². The standard InChI is InChI=1S/C21H39N3/c1-3-5-7-9-11-14-20(13-10-8-6-4-2)24-18-19(17-23-24)21-15-12-16-22-21/h17-18,20-22H,3-16H2,1-2H3. The van der Waals surface area contributed by atoms with Gasteiger partial charge in [0.05, 0.1) is 12.2 Å². The van der Waals surface area contributed by atoms with Crippen molar-refractivity contribution in [2.75, 3.05) is 6.54 Å². The van der Waals surface area contributed by atoms with Crippen LogP contribution in [0.15, 0.2) is 12.4 Å². The summed E-state index contributed by atoms with van der Waals surface area (Å²) in [7, 11) is 0. The average molecular weight is 334 g/mol. The summed E-state index contributed by atoms with van der Waals surface area (Å²) < 4.78 is 2.29. The lowest BCUT2D eigenvalue weighted by Gasteiger charge is -2.18. The van der Waals surface area contributed by atoms with E-state index >= 15 is 0 Å². The lowest BCUT2D eigenvalue weighted by atomic mass is 10.0. The van der Waals surface area contributed by atoms with Crippen LogP contribution in [0.4, 0.5) is 0 Å². The third kappa shape index (κ3) is 6.58. The number of nitrogens with zero attached hydrogens (tertiary/aromatic N) is 2. The van der Waals surface area contributed by atoms with Crippen LogP contribution >= 0.6 is 0 Å². The van der Waals surface area contributed by atoms with Crippen molar-refractivity contribution in [1.29, 1.82) is 0 Å². The molecule has 1 aromatic rings. The molecule has 1 fully saturated rings. The zero-order chi connectivity index (χ0) is 17.0. The Labute approximate surface area is 149 Å². The Morgan fingerprint density at radius 2 is 1.71 bits per heavy atom. The minimum atomic E-state index is 0.545. The number of hydrogen-bond donors (Lipinski definition) is 1. The van der Waals surface area contributed by atoms with Gasteiger partial charge in [-0.25, -0.2) is 0 Å². The molecule has 2 unspecified atom stereocenters. The molecule has 2 heterocycles. The van der Waals surface area contributed by atoms with Crippen molar-refractivity contribution in [1.82, 2.24) is 15.1 Å². The molecule has 24 heavy (non-hydrogen) atoms. The van der Waals surface area contributed by atoms with Gasteiger partial charge in [0.2, 0.25) is 0 Å². The Balaban J connectivity index is 1.85. The van der Waals surface area contributed by atoms with Gasteiger partial charge in [-0.1, -0.05) is 71.6 Å². The first-order chi connectivity index (χ1) is 11.8. The van der Waals surface area contributed by atoms with Crippen molar-refractivity contribution in [3.05, 3.63) is 18.0 Å². The normalized spacial score (nSPS) is 19.0. The van der Waals surface area contributed by atoms with Crippen LogP contribution in [0.3, 0.4) is 0 Å². The van der Waals surface area contributed by atoms with Gasteiger partial charge in [0.1, 0.15) is 0 Å². The molecule has 0 amide bonds. The second kappa shape index (κ2) is 11.7. The molecule has 2 atom stereocenters. The summed E-state index contributed by atoms with van der Waals surface area (Å²) in [5, 5.41) is 8.35. The predicted octanol–water partition coefficient (Wildman–Crippen LogP) is 6.18. The fraction of sp³-hybridized carbons (Fsp3) is 0.857. The Morgan fingerprint density at radius 3 is 2.33 bits per heavy atom. The van der Waals surface area contributed by atoms with Crippen LogP contribution in [0, 0.1) is 0 Å². The van der Waals surface area contributed by atoms with E-state index in [9.17, 15) is 0 Å². The van der Waals surface area contributed by atoms with E-state index < -0.39 is 0 Å². The zero-order valence-corrected chi connectivity index (χ0v) is 16.1. The maximum atomic E-state index is 4.75. The number of nitrogens with one attached hydrogen (secondary N) is 1. The van der Waals surface area contributed by atoms with E-state index in [0.29, 0.717) is 12.1 Å². The molecule has 2 rings (SSSR count). The molecular formula is C21H39N3. The van der Waals surface area contributed by atoms with E-state index in [2.05, 4.69) is 36.2 Å². The fourth-order valence-corrected chi connectivity index (χ4v) is 3.90. The lowest BCUT2D eigenvalue weighted by Crippen LogP contribution is -2.13. The van der Waals surface area contributed by atoms with Gasteiger partial charge in [-0.2, -0.15) is 5.10 Å². The molecule has 0 aliphatic carbocycles. The summed E-state index contributed by atoms with van der Waals surface area (Å²) in [6.07, 6.45) is 21.9. The van der Waals surface area contributed by atoms with Gasteiger partial charge >= 0.3 is 0 Å². The quantitative estimate of drug-likeness (QED) is 0.437. The van der Waals surface area contributed by atoms with Gasteiger partial charge < -0.3 is 5.32 Å². The molecule has 1 N–H and O–H groups in total. The largest absolute Gasteiger partial charge is 0.310 e. The summed E-state index contributed by atoms with van der Waals surface area (Å²) in [5.74, 6) is 0. The fourth-order valence-electron chi connectivity index (χ4n) is 3.90. The molecule has 1 saturated heterocycles. The number of hydrogen-bond acceptors (Lipinski definition) is 2. The molecule has 0 radical (unpaired) electrons. The SMILES string of the molecule is CCCCCCCC(CCCCCC)n1cc(C2CCCN2)cn1. The van der Waals surface area contributed by atoms with Crippen LogP contribution in [-0.2, 0) is 0 Å². The monoisotopic (exact) mass is 333 g/mol. The molecule has 0 aromatic carbocycles. The lowest BCUT2D eigenvalue weighted by molar-refractivity contribution is 0.367. The topological polar surface area (TPSA) is 29.9 Å². The van der Waals surface area contributed by atoms with E-state index in [1.54, 1.807) is 0 Å². The molecule has 1 aliphatic rings. The van der Waals surface area contributed by atoms with E-state index in [0.717, 1.165) is 6.54 Å². The van der Waals surface area contributed by atoms with Crippen molar-refractivity contribution in [2.24, 2.45) is 0 Å². The highest BCUT2D eigenvalue weighted by Gasteiger charge is 2.19. The van der Waals surface area contributed by atoms with Crippen molar-refractivity contribution in [2.45, 2.75) is 109 Å². The number of rotatable bonds is 13. The highest BCUT2D eigenvalue weighted by atomic mass is 15.3. The first kappa shape index (κ1) is 19.5. The highest BCUT2D eigenvalue weighted by Crippen LogP contribution is 2.27. The molecule has 0 spiro atoms. The summed E-state index contributed by atoms with van der Waals surface area (Å²) in [5.41, 5.74) is 1.40. The Morgan fingerprint density at radius 1 is 1.04 bits per heavy atom. The van der Waals surface area contributed by atoms with Gasteiger partial charge in [0.25, 0.3) is 0 Å². The molecule has 3 nitrogen and oxygen atoms in total. The Hall–Kier alpha value is -0.830. The third-order valence-electron chi connectivity index (χ3n) is 5.49. The van der Waals surface area contributed by atoms with Crippen LogP contribution in [-0.4, -0.2) is 16.3 Å². The first-order valence-electron chi connectivity index (χ1n) is 10.6. The first-order valence-corrected chi connectivity index (χ1v) is 10.6. The average Bonchev–Trinajstić information content (AvgIpc) is 3.27. The van der Waals surface area contributed by atoms with Crippen molar-refractivity contribution in [3.8, 4) is 0 Å². The second-order valence-corrected chi connectivity index (χ2v) is 7.61. The molecular weight excluding hydrogens is 294 g/mol. The summed E-state index contributed by atoms with van der Waals surface area (Å²) in [6.45, 7) is 5.74. The van der Waals surface area contributed by atoms with Gasteiger partial charge in [-0.15, -0.1) is 0 Å². The Kier molecular flexibility index (Phi) is 9.48. The molecule has 138 valence electrons. The van der Waals surface area contributed by atoms with Crippen LogP contribution in [0.1, 0.15) is 115 Å². The minimum Gasteiger partial charge on any atom is -0.310 e. The summed E-state index contributed by atoms with van der Waals surface area (Å²) in [6, 6.07) is 1.16. The zero-order valence-electron chi connectivity index (χ0n) is 16.1. The van der Waals surface area contributed by atoms with Gasteiger partial charge in [0, 0.05) is 17.8 Å². The Bertz CT molecular complexity index is 420. The predicted molar refractivity (Wildman–Crippen MR) is 103 cm³/mol. The molecule has 1 aliphatic heterocycles. The van der Waals surface area contributed by atoms with E-state index in [-0.39, 0.29) is 0 Å². The molecule has 0 bridgehead atoms. The van der Waals surface area contributed by atoms with Crippen LogP contribution in [0.2, 0.25) is 0 Å². The van der Waals surface area contributed by atoms with Gasteiger partial charge in [-0.3, -0.25) is 4.68 Å². The maximum Gasteiger partial charge on any atom is 0.0537 e. The number of aromatic nitrogens is 2. The minimum absolute atomic E-state index is 0.545. The van der Waals surface area contributed by atoms with Gasteiger partial charge in [0.15, 0.2) is 0 Å². The van der Waals surface area contributed by atoms with E-state index in [1.165, 1.54) is 89.0 Å². The third-order valence-corrected chi connectivity index (χ3v) is 5.49. The molecule has 0 saturated carbocycles. The van der Waals surface area contributed by atoms with E-state index in [4.69, 9.17) is 5.10 Å². The highest BCUT2D eigenvalue weighted by molar-refractivity contribution is 5.12. The smallest absolute Gasteiger partial charge is 0.0537 e. The van der Waals surface area contributed by atoms with Crippen LogP contribution < -0.4 is 5.32 Å². The maximum absolute atomic E-state index is 4.75. The van der Waals surface area contributed by atoms with Crippen molar-refractivity contribution in [3.63, 3.8) is 0 Å². The second-order valence-electron chi connectivity index (χ2n) is 7.61. The summed E-state index contributed by atoms with van der Waals surface area (Å²) >= 11 is 0. The van der Waals surface area contributed by atoms with Crippen molar-refractivity contribution < 1.29 is 0 Å². The van der Waals surface area contributed by atoms with Crippen LogP contribution in [0.5, 0.6) is 0 Å². The molecule has 1 aromatic heterocycles. The van der Waals surface area contributed by atoms with Gasteiger partial charge in [-0.05, 0) is 32.2 Å². The molecule has 3 heteroatoms.